The van der Waals surface area contributed by atoms with Crippen molar-refractivity contribution in [2.75, 3.05) is 7.11 Å². The van der Waals surface area contributed by atoms with Gasteiger partial charge in [0.15, 0.2) is 0 Å². The van der Waals surface area contributed by atoms with E-state index in [1.807, 2.05) is 12.1 Å². The van der Waals surface area contributed by atoms with Crippen molar-refractivity contribution in [1.82, 2.24) is 0 Å². The molecule has 80 valence electrons. The maximum absolute atomic E-state index is 5.09. The zero-order chi connectivity index (χ0) is 11.1. The summed E-state index contributed by atoms with van der Waals surface area (Å²) in [5.41, 5.74) is 2.44. The molecule has 0 fully saturated rings. The van der Waals surface area contributed by atoms with Gasteiger partial charge < -0.3 is 4.74 Å². The van der Waals surface area contributed by atoms with Gasteiger partial charge in [-0.2, -0.15) is 0 Å². The minimum absolute atomic E-state index is 0.897. The molecule has 0 aliphatic carbocycles. The number of ether oxygens (including phenoxy) is 1. The van der Waals surface area contributed by atoms with Crippen LogP contribution in [0.15, 0.2) is 42.5 Å². The fourth-order valence-corrected chi connectivity index (χ4v) is 1.26. The molecule has 0 bridgehead atoms. The number of hydrogen-bond acceptors (Lipinski definition) is 1. The lowest BCUT2D eigenvalue weighted by molar-refractivity contribution is 0.415. The molecular weight excluding hydrogens is 184 g/mol. The second-order valence-electron chi connectivity index (χ2n) is 3.67. The van der Waals surface area contributed by atoms with Gasteiger partial charge in [-0.15, -0.1) is 6.58 Å². The fourth-order valence-electron chi connectivity index (χ4n) is 1.26. The highest BCUT2D eigenvalue weighted by molar-refractivity contribution is 5.50. The molecule has 0 unspecified atom stereocenters. The molecule has 1 rings (SSSR count). The van der Waals surface area contributed by atoms with Crippen molar-refractivity contribution in [1.29, 1.82) is 0 Å². The van der Waals surface area contributed by atoms with Crippen molar-refractivity contribution < 1.29 is 4.74 Å². The molecule has 0 aliphatic heterocycles. The monoisotopic (exact) mass is 202 g/mol. The van der Waals surface area contributed by atoms with Gasteiger partial charge in [-0.1, -0.05) is 29.9 Å². The molecule has 1 heteroatoms. The highest BCUT2D eigenvalue weighted by Gasteiger charge is 1.89. The molecular formula is C14H18O. The predicted octanol–water partition coefficient (Wildman–Crippen LogP) is 4.06. The van der Waals surface area contributed by atoms with Gasteiger partial charge in [0, 0.05) is 0 Å². The third-order valence-electron chi connectivity index (χ3n) is 2.16. The molecule has 0 saturated heterocycles. The zero-order valence-electron chi connectivity index (χ0n) is 9.49. The summed E-state index contributed by atoms with van der Waals surface area (Å²) < 4.78 is 5.09. The lowest BCUT2D eigenvalue weighted by Crippen LogP contribution is -1.81. The van der Waals surface area contributed by atoms with Crippen molar-refractivity contribution >= 4 is 6.08 Å². The normalized spacial score (nSPS) is 10.5. The molecule has 0 aliphatic rings. The molecule has 15 heavy (non-hydrogen) atoms. The number of methoxy groups -OCH3 is 1. The van der Waals surface area contributed by atoms with Crippen LogP contribution in [0.2, 0.25) is 0 Å². The summed E-state index contributed by atoms with van der Waals surface area (Å²) in [7, 11) is 1.68. The molecule has 0 atom stereocenters. The van der Waals surface area contributed by atoms with E-state index in [4.69, 9.17) is 4.74 Å². The summed E-state index contributed by atoms with van der Waals surface area (Å²) in [5.74, 6) is 0.897. The summed E-state index contributed by atoms with van der Waals surface area (Å²) in [6.45, 7) is 5.93. The van der Waals surface area contributed by atoms with Crippen LogP contribution in [-0.4, -0.2) is 7.11 Å². The highest BCUT2D eigenvalue weighted by atomic mass is 16.5. The largest absolute Gasteiger partial charge is 0.497 e. The lowest BCUT2D eigenvalue weighted by atomic mass is 10.1. The van der Waals surface area contributed by atoms with E-state index in [0.29, 0.717) is 0 Å². The predicted molar refractivity (Wildman–Crippen MR) is 66.1 cm³/mol. The Morgan fingerprint density at radius 3 is 2.53 bits per heavy atom. The Bertz CT molecular complexity index is 333. The van der Waals surface area contributed by atoms with Gasteiger partial charge in [-0.3, -0.25) is 0 Å². The molecule has 0 heterocycles. The van der Waals surface area contributed by atoms with Gasteiger partial charge in [0.25, 0.3) is 0 Å². The molecule has 1 aromatic rings. The third kappa shape index (κ3) is 4.50. The van der Waals surface area contributed by atoms with Crippen molar-refractivity contribution in [2.24, 2.45) is 0 Å². The van der Waals surface area contributed by atoms with Crippen LogP contribution in [0, 0.1) is 0 Å². The molecule has 0 radical (unpaired) electrons. The number of benzene rings is 1. The smallest absolute Gasteiger partial charge is 0.118 e. The third-order valence-corrected chi connectivity index (χ3v) is 2.16. The van der Waals surface area contributed by atoms with Crippen molar-refractivity contribution in [2.45, 2.75) is 19.8 Å². The van der Waals surface area contributed by atoms with Gasteiger partial charge in [0.1, 0.15) is 5.75 Å². The Kier molecular flexibility index (Phi) is 4.69. The molecule has 1 aromatic carbocycles. The maximum atomic E-state index is 5.09. The molecule has 0 aromatic heterocycles. The minimum atomic E-state index is 0.897. The Balaban J connectivity index is 2.46. The number of hydrogen-bond donors (Lipinski definition) is 0. The SMILES string of the molecule is C=C(C)CC/C=C/c1ccc(OC)cc1. The number of allylic oxidation sites excluding steroid dienone is 2. The van der Waals surface area contributed by atoms with E-state index in [9.17, 15) is 0 Å². The van der Waals surface area contributed by atoms with Crippen LogP contribution in [0.1, 0.15) is 25.3 Å². The van der Waals surface area contributed by atoms with E-state index >= 15 is 0 Å². The van der Waals surface area contributed by atoms with Gasteiger partial charge >= 0.3 is 0 Å². The van der Waals surface area contributed by atoms with Gasteiger partial charge in [0.2, 0.25) is 0 Å². The van der Waals surface area contributed by atoms with Crippen LogP contribution in [0.25, 0.3) is 6.08 Å². The Morgan fingerprint density at radius 2 is 2.00 bits per heavy atom. The maximum Gasteiger partial charge on any atom is 0.118 e. The average Bonchev–Trinajstić information content (AvgIpc) is 2.25. The van der Waals surface area contributed by atoms with Gasteiger partial charge in [-0.25, -0.2) is 0 Å². The topological polar surface area (TPSA) is 9.23 Å². The van der Waals surface area contributed by atoms with Crippen LogP contribution >= 0.6 is 0 Å². The Hall–Kier alpha value is -1.50. The van der Waals surface area contributed by atoms with Crippen LogP contribution in [0.4, 0.5) is 0 Å². The first-order valence-electron chi connectivity index (χ1n) is 5.17. The fraction of sp³-hybridized carbons (Fsp3) is 0.286. The van der Waals surface area contributed by atoms with E-state index in [0.717, 1.165) is 18.6 Å². The second kappa shape index (κ2) is 6.07. The molecule has 0 amide bonds. The number of rotatable bonds is 5. The van der Waals surface area contributed by atoms with Crippen molar-refractivity contribution in [3.63, 3.8) is 0 Å². The van der Waals surface area contributed by atoms with Crippen molar-refractivity contribution in [3.8, 4) is 5.75 Å². The standard InChI is InChI=1S/C14H18O/c1-12(2)6-4-5-7-13-8-10-14(15-3)11-9-13/h5,7-11H,1,4,6H2,2-3H3/b7-5+. The lowest BCUT2D eigenvalue weighted by Gasteiger charge is -1.99. The summed E-state index contributed by atoms with van der Waals surface area (Å²) in [5, 5.41) is 0. The summed E-state index contributed by atoms with van der Waals surface area (Å²) in [6.07, 6.45) is 6.42. The first kappa shape index (κ1) is 11.6. The second-order valence-corrected chi connectivity index (χ2v) is 3.67. The van der Waals surface area contributed by atoms with Crippen LogP contribution in [-0.2, 0) is 0 Å². The molecule has 0 spiro atoms. The van der Waals surface area contributed by atoms with E-state index in [1.54, 1.807) is 7.11 Å². The molecule has 0 saturated carbocycles. The Labute approximate surface area is 92.1 Å². The quantitative estimate of drug-likeness (QED) is 0.654. The van der Waals surface area contributed by atoms with E-state index < -0.39 is 0 Å². The zero-order valence-corrected chi connectivity index (χ0v) is 9.49. The minimum Gasteiger partial charge on any atom is -0.497 e. The Morgan fingerprint density at radius 1 is 1.33 bits per heavy atom. The molecule has 1 nitrogen and oxygen atoms in total. The van der Waals surface area contributed by atoms with Crippen LogP contribution in [0.5, 0.6) is 5.75 Å². The summed E-state index contributed by atoms with van der Waals surface area (Å²) in [4.78, 5) is 0. The molecule has 0 N–H and O–H groups in total. The average molecular weight is 202 g/mol. The van der Waals surface area contributed by atoms with E-state index in [1.165, 1.54) is 11.1 Å². The van der Waals surface area contributed by atoms with Gasteiger partial charge in [0.05, 0.1) is 7.11 Å². The van der Waals surface area contributed by atoms with Crippen LogP contribution in [0.3, 0.4) is 0 Å². The van der Waals surface area contributed by atoms with E-state index in [-0.39, 0.29) is 0 Å². The highest BCUT2D eigenvalue weighted by Crippen LogP contribution is 2.13. The van der Waals surface area contributed by atoms with Crippen LogP contribution < -0.4 is 4.74 Å². The summed E-state index contributed by atoms with van der Waals surface area (Å²) in [6, 6.07) is 8.04. The van der Waals surface area contributed by atoms with Gasteiger partial charge in [-0.05, 0) is 37.5 Å². The summed E-state index contributed by atoms with van der Waals surface area (Å²) >= 11 is 0. The van der Waals surface area contributed by atoms with E-state index in [2.05, 4.69) is 37.8 Å². The first-order valence-corrected chi connectivity index (χ1v) is 5.17. The first-order chi connectivity index (χ1) is 7.22. The van der Waals surface area contributed by atoms with Crippen molar-refractivity contribution in [3.05, 3.63) is 48.1 Å².